The number of aromatic amines is 1. The van der Waals surface area contributed by atoms with Crippen molar-refractivity contribution in [1.29, 1.82) is 0 Å². The molecule has 0 aliphatic carbocycles. The number of rotatable bonds is 4. The summed E-state index contributed by atoms with van der Waals surface area (Å²) in [4.78, 5) is 17.3. The molecule has 1 saturated heterocycles. The third-order valence-corrected chi connectivity index (χ3v) is 3.60. The van der Waals surface area contributed by atoms with Crippen LogP contribution in [0.1, 0.15) is 6.23 Å². The Hall–Kier alpha value is -2.14. The maximum atomic E-state index is 10.1. The van der Waals surface area contributed by atoms with Crippen LogP contribution < -0.4 is 4.57 Å². The Morgan fingerprint density at radius 1 is 1.39 bits per heavy atom. The van der Waals surface area contributed by atoms with Crippen LogP contribution in [0.4, 0.5) is 5.82 Å². The Balaban J connectivity index is 1.99. The number of H-pyrrole nitrogens is 1. The van der Waals surface area contributed by atoms with Crippen molar-refractivity contribution >= 4 is 23.3 Å². The van der Waals surface area contributed by atoms with Gasteiger partial charge in [-0.15, -0.1) is 0 Å². The first-order chi connectivity index (χ1) is 11.0. The van der Waals surface area contributed by atoms with Gasteiger partial charge >= 0.3 is 5.65 Å². The highest BCUT2D eigenvalue weighted by Crippen LogP contribution is 2.27. The molecule has 3 rings (SSSR count). The average Bonchev–Trinajstić information content (AvgIpc) is 3.08. The van der Waals surface area contributed by atoms with Gasteiger partial charge in [-0.2, -0.15) is 4.98 Å². The minimum absolute atomic E-state index is 0.384. The molecule has 1 aliphatic rings. The van der Waals surface area contributed by atoms with Crippen molar-refractivity contribution in [2.75, 3.05) is 20.7 Å². The molecule has 10 heteroatoms. The van der Waals surface area contributed by atoms with Crippen LogP contribution in [0.2, 0.25) is 0 Å². The molecule has 0 amide bonds. The fraction of sp³-hybridized carbons (Fsp3) is 0.538. The number of hydrogen-bond donors (Lipinski definition) is 4. The first kappa shape index (κ1) is 15.7. The second-order valence-corrected chi connectivity index (χ2v) is 5.51. The summed E-state index contributed by atoms with van der Waals surface area (Å²) in [6.07, 6.45) is 0.469. The largest absolute Gasteiger partial charge is 0.394 e. The summed E-state index contributed by atoms with van der Waals surface area (Å²) < 4.78 is 7.06. The molecular weight excluding hydrogens is 304 g/mol. The topological polar surface area (TPSA) is 131 Å². The number of aliphatic hydroxyl groups is 3. The fourth-order valence-electron chi connectivity index (χ4n) is 2.46. The lowest BCUT2D eigenvalue weighted by molar-refractivity contribution is -0.745. The predicted octanol–water partition coefficient (Wildman–Crippen LogP) is -1.92. The first-order valence-corrected chi connectivity index (χ1v) is 7.09. The molecule has 1 aliphatic heterocycles. The molecule has 3 heterocycles. The van der Waals surface area contributed by atoms with Gasteiger partial charge in [0.25, 0.3) is 0 Å². The summed E-state index contributed by atoms with van der Waals surface area (Å²) in [5, 5.41) is 29.2. The van der Waals surface area contributed by atoms with E-state index in [1.54, 1.807) is 22.1 Å². The lowest BCUT2D eigenvalue weighted by Crippen LogP contribution is -2.45. The Morgan fingerprint density at radius 3 is 2.83 bits per heavy atom. The van der Waals surface area contributed by atoms with Crippen LogP contribution in [-0.4, -0.2) is 80.5 Å². The summed E-state index contributed by atoms with van der Waals surface area (Å²) in [7, 11) is 3.69. The molecule has 2 aromatic rings. The molecule has 23 heavy (non-hydrogen) atoms. The van der Waals surface area contributed by atoms with Crippen molar-refractivity contribution in [3.8, 4) is 0 Å². The molecule has 2 aromatic heterocycles. The van der Waals surface area contributed by atoms with E-state index in [9.17, 15) is 15.3 Å². The molecular formula is C13H19N6O4+. The van der Waals surface area contributed by atoms with Crippen LogP contribution in [0.15, 0.2) is 17.6 Å². The van der Waals surface area contributed by atoms with E-state index < -0.39 is 24.5 Å². The van der Waals surface area contributed by atoms with Crippen molar-refractivity contribution in [2.24, 2.45) is 4.99 Å². The van der Waals surface area contributed by atoms with E-state index in [0.29, 0.717) is 17.0 Å². The van der Waals surface area contributed by atoms with Crippen molar-refractivity contribution in [2.45, 2.75) is 24.5 Å². The van der Waals surface area contributed by atoms with Gasteiger partial charge in [0, 0.05) is 14.1 Å². The van der Waals surface area contributed by atoms with Gasteiger partial charge < -0.3 is 25.0 Å². The van der Waals surface area contributed by atoms with Crippen molar-refractivity contribution in [3.63, 3.8) is 0 Å². The second-order valence-electron chi connectivity index (χ2n) is 5.51. The fourth-order valence-corrected chi connectivity index (χ4v) is 2.46. The highest BCUT2D eigenvalue weighted by molar-refractivity contribution is 5.80. The minimum atomic E-state index is -1.18. The molecule has 0 radical (unpaired) electrons. The van der Waals surface area contributed by atoms with E-state index in [4.69, 9.17) is 4.74 Å². The summed E-state index contributed by atoms with van der Waals surface area (Å²) in [5.74, 6) is 0.439. The average molecular weight is 323 g/mol. The minimum Gasteiger partial charge on any atom is -0.394 e. The van der Waals surface area contributed by atoms with Crippen LogP contribution in [0, 0.1) is 0 Å². The molecule has 0 saturated carbocycles. The SMILES string of the molecule is CN(C)/C=N/c1ncnc2c1[nH]c[n+]2C1OC(CO)C(O)C1O. The molecule has 1 fully saturated rings. The monoisotopic (exact) mass is 323 g/mol. The lowest BCUT2D eigenvalue weighted by Gasteiger charge is -2.11. The Bertz CT molecular complexity index is 718. The van der Waals surface area contributed by atoms with Gasteiger partial charge in [-0.25, -0.2) is 9.56 Å². The number of aromatic nitrogens is 4. The zero-order valence-electron chi connectivity index (χ0n) is 12.7. The summed E-state index contributed by atoms with van der Waals surface area (Å²) in [6.45, 7) is -0.384. The molecule has 4 unspecified atom stereocenters. The van der Waals surface area contributed by atoms with Crippen LogP contribution >= 0.6 is 0 Å². The molecule has 0 spiro atoms. The second kappa shape index (κ2) is 6.16. The van der Waals surface area contributed by atoms with Gasteiger partial charge in [-0.05, 0) is 0 Å². The van der Waals surface area contributed by atoms with Gasteiger partial charge in [0.1, 0.15) is 18.3 Å². The van der Waals surface area contributed by atoms with Gasteiger partial charge in [-0.1, -0.05) is 4.98 Å². The number of ether oxygens (including phenoxy) is 1. The smallest absolute Gasteiger partial charge is 0.309 e. The van der Waals surface area contributed by atoms with Crippen LogP contribution in [0.3, 0.4) is 0 Å². The Kier molecular flexibility index (Phi) is 4.22. The predicted molar refractivity (Wildman–Crippen MR) is 78.9 cm³/mol. The maximum absolute atomic E-state index is 10.1. The zero-order valence-corrected chi connectivity index (χ0v) is 12.7. The van der Waals surface area contributed by atoms with Crippen LogP contribution in [-0.2, 0) is 4.74 Å². The quantitative estimate of drug-likeness (QED) is 0.293. The van der Waals surface area contributed by atoms with Crippen molar-refractivity contribution in [3.05, 3.63) is 12.7 Å². The van der Waals surface area contributed by atoms with Crippen molar-refractivity contribution in [1.82, 2.24) is 19.9 Å². The number of nitrogens with one attached hydrogen (secondary N) is 1. The van der Waals surface area contributed by atoms with Crippen LogP contribution in [0.25, 0.3) is 11.2 Å². The maximum Gasteiger partial charge on any atom is 0.309 e. The molecule has 4 N–H and O–H groups in total. The number of fused-ring (bicyclic) bond motifs is 1. The van der Waals surface area contributed by atoms with E-state index in [1.807, 2.05) is 14.1 Å². The summed E-state index contributed by atoms with van der Waals surface area (Å²) in [5.41, 5.74) is 1.05. The van der Waals surface area contributed by atoms with E-state index in [0.717, 1.165) is 0 Å². The van der Waals surface area contributed by atoms with Crippen molar-refractivity contribution < 1.29 is 24.6 Å². The van der Waals surface area contributed by atoms with Crippen LogP contribution in [0.5, 0.6) is 0 Å². The van der Waals surface area contributed by atoms with E-state index in [1.165, 1.54) is 6.33 Å². The van der Waals surface area contributed by atoms with E-state index in [-0.39, 0.29) is 6.61 Å². The highest BCUT2D eigenvalue weighted by Gasteiger charge is 2.46. The highest BCUT2D eigenvalue weighted by atomic mass is 16.6. The molecule has 0 bridgehead atoms. The number of nitrogens with zero attached hydrogens (tertiary/aromatic N) is 5. The molecule has 10 nitrogen and oxygen atoms in total. The lowest BCUT2D eigenvalue weighted by atomic mass is 10.1. The third-order valence-electron chi connectivity index (χ3n) is 3.60. The van der Waals surface area contributed by atoms with E-state index in [2.05, 4.69) is 19.9 Å². The Morgan fingerprint density at radius 2 is 2.17 bits per heavy atom. The third kappa shape index (κ3) is 2.77. The number of hydrogen-bond acceptors (Lipinski definition) is 7. The standard InChI is InChI=1S/C13H18N6O4/c1-18(2)5-17-11-8-12(15-4-14-11)19(6-16-8)13-10(22)9(21)7(3-20)23-13/h4-7,9-10,13,20-22H,3H2,1-2H3/p+1/b17-5+. The van der Waals surface area contributed by atoms with Gasteiger partial charge in [0.2, 0.25) is 17.6 Å². The van der Waals surface area contributed by atoms with Gasteiger partial charge in [0.15, 0.2) is 12.7 Å². The number of aliphatic imine (C=N–C) groups is 1. The molecule has 0 aromatic carbocycles. The normalized spacial score (nSPS) is 28.0. The number of aliphatic hydroxyl groups excluding tert-OH is 3. The summed E-state index contributed by atoms with van der Waals surface area (Å²) in [6, 6.07) is 0. The molecule has 124 valence electrons. The Labute approximate surface area is 131 Å². The van der Waals surface area contributed by atoms with Gasteiger partial charge in [0.05, 0.1) is 12.9 Å². The molecule has 4 atom stereocenters. The van der Waals surface area contributed by atoms with Gasteiger partial charge in [-0.3, -0.25) is 4.98 Å². The zero-order chi connectivity index (χ0) is 16.6. The van der Waals surface area contributed by atoms with E-state index >= 15 is 0 Å². The summed E-state index contributed by atoms with van der Waals surface area (Å²) >= 11 is 0. The number of imidazole rings is 1. The first-order valence-electron chi connectivity index (χ1n) is 7.09.